The van der Waals surface area contributed by atoms with Crippen molar-refractivity contribution in [3.8, 4) is 17.5 Å². The summed E-state index contributed by atoms with van der Waals surface area (Å²) in [4.78, 5) is 13.8. The summed E-state index contributed by atoms with van der Waals surface area (Å²) in [5, 5.41) is 0. The molecule has 0 radical (unpaired) electrons. The van der Waals surface area contributed by atoms with Gasteiger partial charge in [-0.2, -0.15) is 15.0 Å². The molecular formula is C13H15N5O3. The average Bonchev–Trinajstić information content (AvgIpc) is 2.92. The highest BCUT2D eigenvalue weighted by Crippen LogP contribution is 2.32. The molecule has 2 aromatic rings. The number of benzene rings is 1. The third-order valence-electron chi connectivity index (χ3n) is 2.83. The minimum atomic E-state index is 0.120. The molecule has 0 saturated heterocycles. The number of fused-ring (bicyclic) bond motifs is 1. The molecule has 2 N–H and O–H groups in total. The molecule has 110 valence electrons. The maximum absolute atomic E-state index is 5.63. The normalized spacial score (nSPS) is 12.3. The summed E-state index contributed by atoms with van der Waals surface area (Å²) in [6.07, 6.45) is 0. The first-order valence-corrected chi connectivity index (χ1v) is 6.32. The van der Waals surface area contributed by atoms with Crippen LogP contribution in [-0.2, 0) is 6.61 Å². The number of hydrogen-bond donors (Lipinski definition) is 1. The van der Waals surface area contributed by atoms with Crippen molar-refractivity contribution < 1.29 is 14.2 Å². The topological polar surface area (TPSA) is 95.6 Å². The number of nitrogens with two attached hydrogens (primary N) is 1. The van der Waals surface area contributed by atoms with Crippen molar-refractivity contribution in [3.05, 3.63) is 23.8 Å². The second-order valence-corrected chi connectivity index (χ2v) is 4.65. The molecule has 8 heteroatoms. The molecule has 0 unspecified atom stereocenters. The van der Waals surface area contributed by atoms with Crippen LogP contribution in [0.5, 0.6) is 17.5 Å². The lowest BCUT2D eigenvalue weighted by Crippen LogP contribution is -2.15. The minimum Gasteiger partial charge on any atom is -0.458 e. The number of hydrogen-bond acceptors (Lipinski definition) is 8. The maximum atomic E-state index is 5.63. The second kappa shape index (κ2) is 5.31. The molecule has 3 rings (SSSR count). The van der Waals surface area contributed by atoms with Crippen LogP contribution in [0.15, 0.2) is 18.2 Å². The van der Waals surface area contributed by atoms with Crippen LogP contribution in [0.2, 0.25) is 0 Å². The van der Waals surface area contributed by atoms with Gasteiger partial charge in [0.15, 0.2) is 11.5 Å². The monoisotopic (exact) mass is 289 g/mol. The largest absolute Gasteiger partial charge is 0.458 e. The van der Waals surface area contributed by atoms with Crippen molar-refractivity contribution in [1.82, 2.24) is 15.0 Å². The first-order chi connectivity index (χ1) is 10.1. The van der Waals surface area contributed by atoms with Crippen molar-refractivity contribution >= 4 is 11.9 Å². The molecule has 0 amide bonds. The summed E-state index contributed by atoms with van der Waals surface area (Å²) in [6, 6.07) is 5.78. The molecule has 0 aliphatic carbocycles. The molecule has 21 heavy (non-hydrogen) atoms. The van der Waals surface area contributed by atoms with Gasteiger partial charge in [0.05, 0.1) is 0 Å². The van der Waals surface area contributed by atoms with Crippen molar-refractivity contribution in [3.63, 3.8) is 0 Å². The fourth-order valence-corrected chi connectivity index (χ4v) is 1.80. The van der Waals surface area contributed by atoms with Crippen molar-refractivity contribution in [2.75, 3.05) is 31.5 Å². The number of rotatable bonds is 4. The molecule has 0 fully saturated rings. The number of aromatic nitrogens is 3. The number of ether oxygens (including phenoxy) is 3. The van der Waals surface area contributed by atoms with Gasteiger partial charge in [-0.15, -0.1) is 0 Å². The zero-order chi connectivity index (χ0) is 14.8. The van der Waals surface area contributed by atoms with Crippen LogP contribution >= 0.6 is 0 Å². The lowest BCUT2D eigenvalue weighted by molar-refractivity contribution is 0.174. The van der Waals surface area contributed by atoms with E-state index in [1.54, 1.807) is 4.90 Å². The van der Waals surface area contributed by atoms with E-state index in [1.807, 2.05) is 32.3 Å². The van der Waals surface area contributed by atoms with Crippen LogP contribution < -0.4 is 24.8 Å². The van der Waals surface area contributed by atoms with Crippen molar-refractivity contribution in [2.45, 2.75) is 6.61 Å². The Kier molecular flexibility index (Phi) is 3.35. The van der Waals surface area contributed by atoms with Gasteiger partial charge in [0.1, 0.15) is 6.61 Å². The van der Waals surface area contributed by atoms with Gasteiger partial charge in [-0.05, 0) is 17.7 Å². The van der Waals surface area contributed by atoms with E-state index >= 15 is 0 Å². The number of nitrogens with zero attached hydrogens (tertiary/aromatic N) is 4. The summed E-state index contributed by atoms with van der Waals surface area (Å²) in [5.74, 6) is 2.01. The molecule has 1 aliphatic rings. The molecule has 8 nitrogen and oxygen atoms in total. The first-order valence-electron chi connectivity index (χ1n) is 6.32. The Hall–Kier alpha value is -2.77. The summed E-state index contributed by atoms with van der Waals surface area (Å²) in [5.41, 5.74) is 6.56. The summed E-state index contributed by atoms with van der Waals surface area (Å²) >= 11 is 0. The highest BCUT2D eigenvalue weighted by Gasteiger charge is 2.14. The predicted octanol–water partition coefficient (Wildman–Crippen LogP) is 0.827. The Balaban J connectivity index is 1.73. The minimum absolute atomic E-state index is 0.120. The van der Waals surface area contributed by atoms with Crippen molar-refractivity contribution in [2.24, 2.45) is 0 Å². The van der Waals surface area contributed by atoms with Gasteiger partial charge in [-0.3, -0.25) is 0 Å². The van der Waals surface area contributed by atoms with Crippen LogP contribution in [0.3, 0.4) is 0 Å². The van der Waals surface area contributed by atoms with E-state index in [0.717, 1.165) is 11.3 Å². The molecule has 0 atom stereocenters. The van der Waals surface area contributed by atoms with Gasteiger partial charge in [-0.1, -0.05) is 6.07 Å². The smallest absolute Gasteiger partial charge is 0.323 e. The van der Waals surface area contributed by atoms with Gasteiger partial charge < -0.3 is 24.8 Å². The molecule has 1 aromatic carbocycles. The number of nitrogen functional groups attached to an aromatic ring is 1. The highest BCUT2D eigenvalue weighted by atomic mass is 16.7. The van der Waals surface area contributed by atoms with Gasteiger partial charge in [-0.25, -0.2) is 0 Å². The fourth-order valence-electron chi connectivity index (χ4n) is 1.80. The average molecular weight is 289 g/mol. The SMILES string of the molecule is CN(C)c1nc(N)nc(OCc2ccc3c(c2)OCO3)n1. The van der Waals surface area contributed by atoms with E-state index in [2.05, 4.69) is 15.0 Å². The quantitative estimate of drug-likeness (QED) is 0.884. The van der Waals surface area contributed by atoms with E-state index in [0.29, 0.717) is 18.3 Å². The molecule has 1 aromatic heterocycles. The van der Waals surface area contributed by atoms with Crippen LogP contribution in [0.1, 0.15) is 5.56 Å². The molecular weight excluding hydrogens is 274 g/mol. The second-order valence-electron chi connectivity index (χ2n) is 4.65. The number of anilines is 2. The zero-order valence-corrected chi connectivity index (χ0v) is 11.7. The van der Waals surface area contributed by atoms with E-state index in [-0.39, 0.29) is 18.8 Å². The van der Waals surface area contributed by atoms with Crippen LogP contribution in [0.25, 0.3) is 0 Å². The molecule has 1 aliphatic heterocycles. The third-order valence-corrected chi connectivity index (χ3v) is 2.83. The fraction of sp³-hybridized carbons (Fsp3) is 0.308. The zero-order valence-electron chi connectivity index (χ0n) is 11.7. The maximum Gasteiger partial charge on any atom is 0.323 e. The lowest BCUT2D eigenvalue weighted by atomic mass is 10.2. The predicted molar refractivity (Wildman–Crippen MR) is 75.5 cm³/mol. The van der Waals surface area contributed by atoms with Crippen molar-refractivity contribution in [1.29, 1.82) is 0 Å². The van der Waals surface area contributed by atoms with E-state index in [9.17, 15) is 0 Å². The Bertz CT molecular complexity index is 662. The van der Waals surface area contributed by atoms with Crippen LogP contribution in [0, 0.1) is 0 Å². The summed E-state index contributed by atoms with van der Waals surface area (Å²) < 4.78 is 16.1. The van der Waals surface area contributed by atoms with E-state index < -0.39 is 0 Å². The first kappa shape index (κ1) is 13.2. The van der Waals surface area contributed by atoms with Gasteiger partial charge in [0.2, 0.25) is 18.7 Å². The van der Waals surface area contributed by atoms with Gasteiger partial charge >= 0.3 is 6.01 Å². The molecule has 0 spiro atoms. The molecule has 0 bridgehead atoms. The standard InChI is InChI=1S/C13H15N5O3/c1-18(2)12-15-11(14)16-13(17-12)19-6-8-3-4-9-10(5-8)21-7-20-9/h3-5H,6-7H2,1-2H3,(H2,14,15,16,17). The third kappa shape index (κ3) is 2.88. The Morgan fingerprint density at radius 3 is 2.81 bits per heavy atom. The molecule has 2 heterocycles. The van der Waals surface area contributed by atoms with Crippen LogP contribution in [-0.4, -0.2) is 35.8 Å². The van der Waals surface area contributed by atoms with Gasteiger partial charge in [0, 0.05) is 14.1 Å². The highest BCUT2D eigenvalue weighted by molar-refractivity contribution is 5.44. The lowest BCUT2D eigenvalue weighted by Gasteiger charge is -2.11. The Morgan fingerprint density at radius 1 is 1.19 bits per heavy atom. The van der Waals surface area contributed by atoms with Gasteiger partial charge in [0.25, 0.3) is 0 Å². The summed E-state index contributed by atoms with van der Waals surface area (Å²) in [7, 11) is 3.63. The van der Waals surface area contributed by atoms with E-state index in [1.165, 1.54) is 0 Å². The summed E-state index contributed by atoms with van der Waals surface area (Å²) in [6.45, 7) is 0.544. The Morgan fingerprint density at radius 2 is 2.00 bits per heavy atom. The molecule has 0 saturated carbocycles. The van der Waals surface area contributed by atoms with E-state index in [4.69, 9.17) is 19.9 Å². The Labute approximate surface area is 121 Å². The van der Waals surface area contributed by atoms with Crippen LogP contribution in [0.4, 0.5) is 11.9 Å².